The molecular formula is C55H35N5. The first-order chi connectivity index (χ1) is 29.7. The molecule has 12 aromatic rings. The fraction of sp³-hybridized carbons (Fsp3) is 0. The van der Waals surface area contributed by atoms with Crippen molar-refractivity contribution in [3.05, 3.63) is 212 Å². The van der Waals surface area contributed by atoms with Crippen molar-refractivity contribution in [2.75, 3.05) is 0 Å². The third-order valence-corrected chi connectivity index (χ3v) is 11.8. The maximum atomic E-state index is 5.00. The van der Waals surface area contributed by atoms with E-state index < -0.39 is 0 Å². The molecule has 0 aliphatic carbocycles. The summed E-state index contributed by atoms with van der Waals surface area (Å²) in [5.74, 6) is 1.92. The summed E-state index contributed by atoms with van der Waals surface area (Å²) in [7, 11) is 0. The van der Waals surface area contributed by atoms with E-state index in [4.69, 9.17) is 15.0 Å². The number of benzene rings is 9. The number of nitrogens with zero attached hydrogens (tertiary/aromatic N) is 5. The minimum Gasteiger partial charge on any atom is -0.309 e. The molecule has 0 saturated carbocycles. The molecule has 12 rings (SSSR count). The lowest BCUT2D eigenvalue weighted by Gasteiger charge is -2.12. The largest absolute Gasteiger partial charge is 0.309 e. The van der Waals surface area contributed by atoms with Gasteiger partial charge in [0.15, 0.2) is 17.5 Å². The zero-order chi connectivity index (χ0) is 39.6. The van der Waals surface area contributed by atoms with Crippen molar-refractivity contribution >= 4 is 54.4 Å². The quantitative estimate of drug-likeness (QED) is 0.169. The van der Waals surface area contributed by atoms with Gasteiger partial charge in [-0.3, -0.25) is 0 Å². The molecule has 280 valence electrons. The average Bonchev–Trinajstić information content (AvgIpc) is 3.83. The molecule has 0 spiro atoms. The van der Waals surface area contributed by atoms with Gasteiger partial charge in [-0.05, 0) is 82.6 Å². The van der Waals surface area contributed by atoms with E-state index in [-0.39, 0.29) is 0 Å². The van der Waals surface area contributed by atoms with E-state index in [1.54, 1.807) is 0 Å². The van der Waals surface area contributed by atoms with E-state index in [2.05, 4.69) is 161 Å². The SMILES string of the molecule is c1ccc(-c2ccc(-n3c4cc5c(cc4c4c6ccccc6ccc43)c3ccccc3n5-c3ccc(-c4nc(-c5ccccc5)nc(-c5ccccc5)n4)cc3)cc2)cc1. The van der Waals surface area contributed by atoms with Gasteiger partial charge in [0.1, 0.15) is 0 Å². The van der Waals surface area contributed by atoms with Gasteiger partial charge in [0.25, 0.3) is 0 Å². The summed E-state index contributed by atoms with van der Waals surface area (Å²) in [6.07, 6.45) is 0. The van der Waals surface area contributed by atoms with Crippen LogP contribution in [0.15, 0.2) is 212 Å². The van der Waals surface area contributed by atoms with E-state index in [1.807, 2.05) is 60.7 Å². The molecule has 0 aliphatic heterocycles. The Bertz CT molecular complexity index is 3490. The van der Waals surface area contributed by atoms with Crippen molar-refractivity contribution in [2.45, 2.75) is 0 Å². The van der Waals surface area contributed by atoms with E-state index in [9.17, 15) is 0 Å². The maximum Gasteiger partial charge on any atom is 0.164 e. The zero-order valence-electron chi connectivity index (χ0n) is 32.4. The van der Waals surface area contributed by atoms with Gasteiger partial charge in [0, 0.05) is 49.6 Å². The van der Waals surface area contributed by atoms with Gasteiger partial charge in [0.2, 0.25) is 0 Å². The van der Waals surface area contributed by atoms with Crippen LogP contribution in [0.2, 0.25) is 0 Å². The standard InChI is InChI=1S/C55H35N5/c1-4-14-36(15-5-1)37-24-29-43(30-25-37)60-49-33-28-38-16-10-11-21-44(38)52(49)47-34-46-45-22-12-13-23-48(45)59(50(46)35-51(47)60)42-31-26-41(27-32-42)55-57-53(39-17-6-2-7-18-39)56-54(58-55)40-19-8-3-9-20-40/h1-35H. The normalized spacial score (nSPS) is 11.7. The molecule has 0 bridgehead atoms. The zero-order valence-corrected chi connectivity index (χ0v) is 32.4. The van der Waals surface area contributed by atoms with Gasteiger partial charge in [-0.15, -0.1) is 0 Å². The Labute approximate surface area is 346 Å². The fourth-order valence-electron chi connectivity index (χ4n) is 8.94. The van der Waals surface area contributed by atoms with Crippen LogP contribution in [0.3, 0.4) is 0 Å². The van der Waals surface area contributed by atoms with Crippen LogP contribution in [-0.4, -0.2) is 24.1 Å². The van der Waals surface area contributed by atoms with Gasteiger partial charge >= 0.3 is 0 Å². The van der Waals surface area contributed by atoms with Crippen molar-refractivity contribution in [2.24, 2.45) is 0 Å². The summed E-state index contributed by atoms with van der Waals surface area (Å²) < 4.78 is 4.83. The highest BCUT2D eigenvalue weighted by Gasteiger charge is 2.20. The van der Waals surface area contributed by atoms with Crippen LogP contribution in [0.4, 0.5) is 0 Å². The number of aromatic nitrogens is 5. The van der Waals surface area contributed by atoms with Gasteiger partial charge < -0.3 is 9.13 Å². The van der Waals surface area contributed by atoms with Crippen LogP contribution in [-0.2, 0) is 0 Å². The number of fused-ring (bicyclic) bond motifs is 8. The van der Waals surface area contributed by atoms with E-state index in [0.29, 0.717) is 17.5 Å². The Morgan fingerprint density at radius 1 is 0.267 bits per heavy atom. The second kappa shape index (κ2) is 13.8. The fourth-order valence-corrected chi connectivity index (χ4v) is 8.94. The Kier molecular flexibility index (Phi) is 7.78. The van der Waals surface area contributed by atoms with E-state index in [0.717, 1.165) is 44.6 Å². The Hall–Kier alpha value is -8.15. The molecule has 0 fully saturated rings. The van der Waals surface area contributed by atoms with Crippen molar-refractivity contribution in [3.8, 4) is 56.7 Å². The Morgan fingerprint density at radius 3 is 1.33 bits per heavy atom. The first-order valence-corrected chi connectivity index (χ1v) is 20.3. The summed E-state index contributed by atoms with van der Waals surface area (Å²) in [5.41, 5.74) is 12.0. The monoisotopic (exact) mass is 765 g/mol. The smallest absolute Gasteiger partial charge is 0.164 e. The van der Waals surface area contributed by atoms with Crippen LogP contribution < -0.4 is 0 Å². The molecule has 0 aliphatic rings. The lowest BCUT2D eigenvalue weighted by atomic mass is 10.0. The van der Waals surface area contributed by atoms with Crippen LogP contribution >= 0.6 is 0 Å². The molecule has 9 aromatic carbocycles. The molecule has 0 atom stereocenters. The molecule has 3 heterocycles. The summed E-state index contributed by atoms with van der Waals surface area (Å²) in [6, 6.07) is 75.2. The van der Waals surface area contributed by atoms with Crippen LogP contribution in [0, 0.1) is 0 Å². The van der Waals surface area contributed by atoms with Crippen LogP contribution in [0.25, 0.3) is 111 Å². The molecule has 5 heteroatoms. The average molecular weight is 766 g/mol. The van der Waals surface area contributed by atoms with E-state index in [1.165, 1.54) is 49.0 Å². The molecule has 0 radical (unpaired) electrons. The predicted octanol–water partition coefficient (Wildman–Crippen LogP) is 13.9. The van der Waals surface area contributed by atoms with Crippen molar-refractivity contribution in [3.63, 3.8) is 0 Å². The highest BCUT2D eigenvalue weighted by Crippen LogP contribution is 2.42. The van der Waals surface area contributed by atoms with Gasteiger partial charge in [0.05, 0.1) is 22.1 Å². The highest BCUT2D eigenvalue weighted by molar-refractivity contribution is 6.25. The van der Waals surface area contributed by atoms with Crippen LogP contribution in [0.1, 0.15) is 0 Å². The minimum absolute atomic E-state index is 0.633. The molecule has 0 amide bonds. The number of hydrogen-bond acceptors (Lipinski definition) is 3. The summed E-state index contributed by atoms with van der Waals surface area (Å²) in [5, 5.41) is 7.41. The topological polar surface area (TPSA) is 48.5 Å². The minimum atomic E-state index is 0.633. The van der Waals surface area contributed by atoms with Crippen molar-refractivity contribution in [1.29, 1.82) is 0 Å². The number of rotatable bonds is 6. The van der Waals surface area contributed by atoms with Gasteiger partial charge in [-0.1, -0.05) is 152 Å². The highest BCUT2D eigenvalue weighted by atomic mass is 15.0. The third-order valence-electron chi connectivity index (χ3n) is 11.8. The Morgan fingerprint density at radius 2 is 0.717 bits per heavy atom. The molecule has 5 nitrogen and oxygen atoms in total. The first kappa shape index (κ1) is 33.9. The molecular weight excluding hydrogens is 731 g/mol. The third kappa shape index (κ3) is 5.52. The van der Waals surface area contributed by atoms with Crippen LogP contribution in [0.5, 0.6) is 0 Å². The summed E-state index contributed by atoms with van der Waals surface area (Å²) in [6.45, 7) is 0. The maximum absolute atomic E-state index is 5.00. The summed E-state index contributed by atoms with van der Waals surface area (Å²) in [4.78, 5) is 14.9. The Balaban J connectivity index is 1.06. The first-order valence-electron chi connectivity index (χ1n) is 20.3. The summed E-state index contributed by atoms with van der Waals surface area (Å²) >= 11 is 0. The van der Waals surface area contributed by atoms with Gasteiger partial charge in [-0.2, -0.15) is 0 Å². The molecule has 0 saturated heterocycles. The molecule has 60 heavy (non-hydrogen) atoms. The van der Waals surface area contributed by atoms with E-state index >= 15 is 0 Å². The molecule has 3 aromatic heterocycles. The lowest BCUT2D eigenvalue weighted by Crippen LogP contribution is -2.00. The second-order valence-corrected chi connectivity index (χ2v) is 15.3. The molecule has 0 unspecified atom stereocenters. The number of para-hydroxylation sites is 1. The second-order valence-electron chi connectivity index (χ2n) is 15.3. The lowest BCUT2D eigenvalue weighted by molar-refractivity contribution is 1.07. The van der Waals surface area contributed by atoms with Crippen molar-refractivity contribution in [1.82, 2.24) is 24.1 Å². The van der Waals surface area contributed by atoms with Crippen molar-refractivity contribution < 1.29 is 0 Å². The molecule has 0 N–H and O–H groups in total. The van der Waals surface area contributed by atoms with Gasteiger partial charge in [-0.25, -0.2) is 15.0 Å². The number of hydrogen-bond donors (Lipinski definition) is 0. The predicted molar refractivity (Wildman–Crippen MR) is 248 cm³/mol.